The fourth-order valence-electron chi connectivity index (χ4n) is 2.34. The van der Waals surface area contributed by atoms with Crippen molar-refractivity contribution in [3.8, 4) is 0 Å². The van der Waals surface area contributed by atoms with Gasteiger partial charge < -0.3 is 15.1 Å². The second-order valence-corrected chi connectivity index (χ2v) is 6.25. The lowest BCUT2D eigenvalue weighted by Gasteiger charge is -2.36. The van der Waals surface area contributed by atoms with E-state index in [1.807, 2.05) is 19.4 Å². The number of nitrogens with one attached hydrogen (secondary N) is 1. The van der Waals surface area contributed by atoms with Crippen molar-refractivity contribution in [2.45, 2.75) is 5.16 Å². The van der Waals surface area contributed by atoms with Crippen LogP contribution in [0.5, 0.6) is 0 Å². The van der Waals surface area contributed by atoms with E-state index in [4.69, 9.17) is 0 Å². The summed E-state index contributed by atoms with van der Waals surface area (Å²) in [6.07, 6.45) is 2.01. The van der Waals surface area contributed by atoms with Crippen LogP contribution in [0.2, 0.25) is 0 Å². The second-order valence-electron chi connectivity index (χ2n) is 5.48. The van der Waals surface area contributed by atoms with Crippen LogP contribution in [0, 0.1) is 0 Å². The molecular formula is C14H26N6S. The van der Waals surface area contributed by atoms with Gasteiger partial charge in [0.05, 0.1) is 0 Å². The van der Waals surface area contributed by atoms with Gasteiger partial charge in [-0.15, -0.1) is 0 Å². The maximum Gasteiger partial charge on any atom is 0.191 e. The molecule has 21 heavy (non-hydrogen) atoms. The molecule has 1 aromatic heterocycles. The number of piperazine rings is 1. The Hall–Kier alpha value is -1.05. The number of hydrogen-bond donors (Lipinski definition) is 1. The van der Waals surface area contributed by atoms with Gasteiger partial charge in [-0.25, -0.2) is 9.97 Å². The molecule has 0 spiro atoms. The van der Waals surface area contributed by atoms with Crippen LogP contribution >= 0.6 is 11.8 Å². The van der Waals surface area contributed by atoms with Crippen LogP contribution < -0.4 is 10.2 Å². The highest BCUT2D eigenvalue weighted by Crippen LogP contribution is 2.21. The van der Waals surface area contributed by atoms with Gasteiger partial charge in [-0.2, -0.15) is 0 Å². The summed E-state index contributed by atoms with van der Waals surface area (Å²) in [6.45, 7) is 6.52. The molecule has 7 heteroatoms. The lowest BCUT2D eigenvalue weighted by atomic mass is 10.3. The molecule has 0 radical (unpaired) electrons. The highest BCUT2D eigenvalue weighted by molar-refractivity contribution is 7.98. The highest BCUT2D eigenvalue weighted by Gasteiger charge is 2.19. The highest BCUT2D eigenvalue weighted by atomic mass is 32.2. The molecule has 0 saturated carbocycles. The predicted octanol–water partition coefficient (Wildman–Crippen LogP) is 0.924. The van der Waals surface area contributed by atoms with E-state index in [1.165, 1.54) is 0 Å². The van der Waals surface area contributed by atoms with E-state index in [-0.39, 0.29) is 0 Å². The standard InChI is InChI=1S/C14H26N6S/c1-15-12-11-13(17-14(16-12)21-4)20-9-7-19(8-10-20)6-5-18(2)3/h11H,5-10H2,1-4H3,(H,15,16,17). The largest absolute Gasteiger partial charge is 0.373 e. The number of likely N-dealkylation sites (N-methyl/N-ethyl adjacent to an activating group) is 1. The van der Waals surface area contributed by atoms with Crippen LogP contribution in [-0.2, 0) is 0 Å². The van der Waals surface area contributed by atoms with Gasteiger partial charge >= 0.3 is 0 Å². The summed E-state index contributed by atoms with van der Waals surface area (Å²) >= 11 is 1.58. The molecule has 1 N–H and O–H groups in total. The van der Waals surface area contributed by atoms with Crippen LogP contribution in [0.4, 0.5) is 11.6 Å². The van der Waals surface area contributed by atoms with Crippen molar-refractivity contribution in [3.63, 3.8) is 0 Å². The summed E-state index contributed by atoms with van der Waals surface area (Å²) in [6, 6.07) is 2.04. The van der Waals surface area contributed by atoms with Crippen molar-refractivity contribution in [1.29, 1.82) is 0 Å². The summed E-state index contributed by atoms with van der Waals surface area (Å²) < 4.78 is 0. The van der Waals surface area contributed by atoms with E-state index in [0.717, 1.165) is 56.1 Å². The van der Waals surface area contributed by atoms with E-state index in [0.29, 0.717) is 0 Å². The Morgan fingerprint density at radius 1 is 1.24 bits per heavy atom. The Labute approximate surface area is 131 Å². The van der Waals surface area contributed by atoms with E-state index in [2.05, 4.69) is 44.1 Å². The number of nitrogens with zero attached hydrogens (tertiary/aromatic N) is 5. The zero-order valence-electron chi connectivity index (χ0n) is 13.5. The molecule has 0 atom stereocenters. The molecular weight excluding hydrogens is 284 g/mol. The number of thioether (sulfide) groups is 1. The van der Waals surface area contributed by atoms with Gasteiger partial charge in [-0.3, -0.25) is 4.90 Å². The Balaban J connectivity index is 1.95. The first kappa shape index (κ1) is 16.3. The number of anilines is 2. The van der Waals surface area contributed by atoms with E-state index >= 15 is 0 Å². The molecule has 0 unspecified atom stereocenters. The van der Waals surface area contributed by atoms with Crippen molar-refractivity contribution >= 4 is 23.4 Å². The van der Waals surface area contributed by atoms with Gasteiger partial charge in [0.2, 0.25) is 0 Å². The quantitative estimate of drug-likeness (QED) is 0.619. The van der Waals surface area contributed by atoms with Crippen LogP contribution in [0.15, 0.2) is 11.2 Å². The fourth-order valence-corrected chi connectivity index (χ4v) is 2.71. The minimum absolute atomic E-state index is 0.826. The smallest absolute Gasteiger partial charge is 0.191 e. The van der Waals surface area contributed by atoms with Crippen molar-refractivity contribution in [2.75, 3.05) is 76.9 Å². The Kier molecular flexibility index (Phi) is 6.08. The summed E-state index contributed by atoms with van der Waals surface area (Å²) in [5, 5.41) is 3.94. The summed E-state index contributed by atoms with van der Waals surface area (Å²) in [4.78, 5) is 16.2. The summed E-state index contributed by atoms with van der Waals surface area (Å²) in [7, 11) is 6.15. The van der Waals surface area contributed by atoms with Gasteiger partial charge in [-0.1, -0.05) is 11.8 Å². The number of aromatic nitrogens is 2. The number of rotatable bonds is 6. The third kappa shape index (κ3) is 4.72. The predicted molar refractivity (Wildman–Crippen MR) is 90.6 cm³/mol. The molecule has 0 aliphatic carbocycles. The molecule has 1 fully saturated rings. The zero-order chi connectivity index (χ0) is 15.2. The zero-order valence-corrected chi connectivity index (χ0v) is 14.3. The molecule has 1 aromatic rings. The average Bonchev–Trinajstić information content (AvgIpc) is 2.52. The van der Waals surface area contributed by atoms with Gasteiger partial charge in [0, 0.05) is 52.4 Å². The van der Waals surface area contributed by atoms with Crippen molar-refractivity contribution < 1.29 is 0 Å². The van der Waals surface area contributed by atoms with Gasteiger partial charge in [0.1, 0.15) is 11.6 Å². The lowest BCUT2D eigenvalue weighted by molar-refractivity contribution is 0.229. The topological polar surface area (TPSA) is 47.5 Å². The lowest BCUT2D eigenvalue weighted by Crippen LogP contribution is -2.48. The maximum atomic E-state index is 4.63. The molecule has 0 bridgehead atoms. The van der Waals surface area contributed by atoms with Gasteiger partial charge in [-0.05, 0) is 20.4 Å². The Morgan fingerprint density at radius 3 is 2.52 bits per heavy atom. The molecule has 0 amide bonds. The third-order valence-electron chi connectivity index (χ3n) is 3.69. The van der Waals surface area contributed by atoms with Crippen LogP contribution in [0.25, 0.3) is 0 Å². The fraction of sp³-hybridized carbons (Fsp3) is 0.714. The Bertz CT molecular complexity index is 423. The van der Waals surface area contributed by atoms with Crippen LogP contribution in [0.3, 0.4) is 0 Å². The maximum absolute atomic E-state index is 4.63. The first-order valence-electron chi connectivity index (χ1n) is 7.35. The average molecular weight is 310 g/mol. The monoisotopic (exact) mass is 310 g/mol. The molecule has 1 aliphatic rings. The second kappa shape index (κ2) is 7.82. The molecule has 1 saturated heterocycles. The molecule has 2 rings (SSSR count). The SMILES string of the molecule is CNc1cc(N2CCN(CCN(C)C)CC2)nc(SC)n1. The normalized spacial score (nSPS) is 16.5. The van der Waals surface area contributed by atoms with Crippen molar-refractivity contribution in [1.82, 2.24) is 19.8 Å². The van der Waals surface area contributed by atoms with Gasteiger partial charge in [0.25, 0.3) is 0 Å². The number of hydrogen-bond acceptors (Lipinski definition) is 7. The first-order valence-corrected chi connectivity index (χ1v) is 8.57. The third-order valence-corrected chi connectivity index (χ3v) is 4.24. The van der Waals surface area contributed by atoms with Crippen LogP contribution in [-0.4, -0.2) is 86.4 Å². The molecule has 1 aliphatic heterocycles. The summed E-state index contributed by atoms with van der Waals surface area (Å²) in [5.74, 6) is 1.92. The van der Waals surface area contributed by atoms with E-state index < -0.39 is 0 Å². The molecule has 6 nitrogen and oxygen atoms in total. The first-order chi connectivity index (χ1) is 10.1. The van der Waals surface area contributed by atoms with Gasteiger partial charge in [0.15, 0.2) is 5.16 Å². The van der Waals surface area contributed by atoms with E-state index in [9.17, 15) is 0 Å². The van der Waals surface area contributed by atoms with Crippen LogP contribution in [0.1, 0.15) is 0 Å². The molecule has 0 aromatic carbocycles. The van der Waals surface area contributed by atoms with Crippen molar-refractivity contribution in [2.24, 2.45) is 0 Å². The molecule has 118 valence electrons. The molecule has 2 heterocycles. The Morgan fingerprint density at radius 2 is 1.95 bits per heavy atom. The summed E-state index contributed by atoms with van der Waals surface area (Å²) in [5.41, 5.74) is 0. The minimum Gasteiger partial charge on any atom is -0.373 e. The van der Waals surface area contributed by atoms with Crippen molar-refractivity contribution in [3.05, 3.63) is 6.07 Å². The minimum atomic E-state index is 0.826. The van der Waals surface area contributed by atoms with E-state index in [1.54, 1.807) is 11.8 Å².